The Balaban J connectivity index is 1.55. The SMILES string of the molecule is O=C(OCCN1C(=O)C2CC=CCC2C1=O)c1ccccc1. The molecule has 3 rings (SSSR count). The molecule has 2 aliphatic rings. The van der Waals surface area contributed by atoms with Gasteiger partial charge in [-0.3, -0.25) is 14.5 Å². The Hall–Kier alpha value is -2.43. The number of hydrogen-bond donors (Lipinski definition) is 0. The topological polar surface area (TPSA) is 63.7 Å². The van der Waals surface area contributed by atoms with Crippen molar-refractivity contribution in [2.45, 2.75) is 12.8 Å². The smallest absolute Gasteiger partial charge is 0.338 e. The maximum Gasteiger partial charge on any atom is 0.338 e. The number of ether oxygens (including phenoxy) is 1. The summed E-state index contributed by atoms with van der Waals surface area (Å²) in [6, 6.07) is 8.64. The van der Waals surface area contributed by atoms with E-state index < -0.39 is 5.97 Å². The van der Waals surface area contributed by atoms with Gasteiger partial charge in [0.2, 0.25) is 11.8 Å². The number of carbonyl (C=O) groups is 3. The van der Waals surface area contributed by atoms with E-state index in [1.807, 2.05) is 18.2 Å². The summed E-state index contributed by atoms with van der Waals surface area (Å²) in [6.45, 7) is 0.154. The number of nitrogens with zero attached hydrogens (tertiary/aromatic N) is 1. The Morgan fingerprint density at radius 2 is 1.64 bits per heavy atom. The lowest BCUT2D eigenvalue weighted by Crippen LogP contribution is -2.34. The molecule has 2 atom stereocenters. The monoisotopic (exact) mass is 299 g/mol. The van der Waals surface area contributed by atoms with Crippen molar-refractivity contribution in [1.82, 2.24) is 4.90 Å². The van der Waals surface area contributed by atoms with Crippen molar-refractivity contribution in [3.8, 4) is 0 Å². The molecule has 0 N–H and O–H groups in total. The first-order valence-electron chi connectivity index (χ1n) is 7.41. The molecule has 114 valence electrons. The summed E-state index contributed by atoms with van der Waals surface area (Å²) in [5, 5.41) is 0. The molecular weight excluding hydrogens is 282 g/mol. The Bertz CT molecular complexity index is 597. The molecular formula is C17H17NO4. The van der Waals surface area contributed by atoms with Crippen molar-refractivity contribution in [3.05, 3.63) is 48.0 Å². The van der Waals surface area contributed by atoms with Gasteiger partial charge in [0.05, 0.1) is 23.9 Å². The van der Waals surface area contributed by atoms with Crippen LogP contribution < -0.4 is 0 Å². The third-order valence-electron chi connectivity index (χ3n) is 4.16. The third kappa shape index (κ3) is 2.66. The number of fused-ring (bicyclic) bond motifs is 1. The van der Waals surface area contributed by atoms with Gasteiger partial charge in [0.1, 0.15) is 6.61 Å². The minimum Gasteiger partial charge on any atom is -0.460 e. The summed E-state index contributed by atoms with van der Waals surface area (Å²) >= 11 is 0. The summed E-state index contributed by atoms with van der Waals surface area (Å²) in [5.41, 5.74) is 0.458. The molecule has 22 heavy (non-hydrogen) atoms. The number of hydrogen-bond acceptors (Lipinski definition) is 4. The lowest BCUT2D eigenvalue weighted by Gasteiger charge is -2.14. The van der Waals surface area contributed by atoms with E-state index in [1.54, 1.807) is 24.3 Å². The van der Waals surface area contributed by atoms with Gasteiger partial charge in [0, 0.05) is 0 Å². The number of rotatable bonds is 4. The molecule has 1 saturated heterocycles. The van der Waals surface area contributed by atoms with Crippen LogP contribution in [0.3, 0.4) is 0 Å². The maximum atomic E-state index is 12.2. The zero-order chi connectivity index (χ0) is 15.5. The zero-order valence-electron chi connectivity index (χ0n) is 12.1. The second kappa shape index (κ2) is 6.13. The number of imide groups is 1. The van der Waals surface area contributed by atoms with Crippen molar-refractivity contribution in [3.63, 3.8) is 0 Å². The quantitative estimate of drug-likeness (QED) is 0.483. The van der Waals surface area contributed by atoms with E-state index >= 15 is 0 Å². The van der Waals surface area contributed by atoms with Crippen LogP contribution in [0.15, 0.2) is 42.5 Å². The molecule has 0 aromatic heterocycles. The highest BCUT2D eigenvalue weighted by Crippen LogP contribution is 2.34. The van der Waals surface area contributed by atoms with Crippen LogP contribution in [0.2, 0.25) is 0 Å². The first-order chi connectivity index (χ1) is 10.7. The molecule has 0 bridgehead atoms. The number of benzene rings is 1. The van der Waals surface area contributed by atoms with Crippen LogP contribution in [0, 0.1) is 11.8 Å². The van der Waals surface area contributed by atoms with Crippen molar-refractivity contribution in [2.75, 3.05) is 13.2 Å². The number of likely N-dealkylation sites (tertiary alicyclic amines) is 1. The van der Waals surface area contributed by atoms with Crippen LogP contribution in [-0.2, 0) is 14.3 Å². The predicted molar refractivity (Wildman–Crippen MR) is 78.8 cm³/mol. The summed E-state index contributed by atoms with van der Waals surface area (Å²) in [4.78, 5) is 37.5. The maximum absolute atomic E-state index is 12.2. The summed E-state index contributed by atoms with van der Waals surface area (Å²) in [5.74, 6) is -1.20. The van der Waals surface area contributed by atoms with Gasteiger partial charge in [-0.2, -0.15) is 0 Å². The Labute approximate surface area is 128 Å². The first kappa shape index (κ1) is 14.5. The summed E-state index contributed by atoms with van der Waals surface area (Å²) in [6.07, 6.45) is 5.14. The van der Waals surface area contributed by atoms with Gasteiger partial charge in [-0.1, -0.05) is 30.4 Å². The van der Waals surface area contributed by atoms with Gasteiger partial charge in [0.15, 0.2) is 0 Å². The molecule has 5 heteroatoms. The van der Waals surface area contributed by atoms with Crippen molar-refractivity contribution < 1.29 is 19.1 Å². The largest absolute Gasteiger partial charge is 0.460 e. The van der Waals surface area contributed by atoms with Crippen LogP contribution in [0.5, 0.6) is 0 Å². The van der Waals surface area contributed by atoms with Gasteiger partial charge in [-0.25, -0.2) is 4.79 Å². The minimum absolute atomic E-state index is 0.0259. The van der Waals surface area contributed by atoms with Crippen LogP contribution in [-0.4, -0.2) is 35.8 Å². The van der Waals surface area contributed by atoms with E-state index in [-0.39, 0.29) is 36.8 Å². The number of allylic oxidation sites excluding steroid dienone is 2. The number of amides is 2. The highest BCUT2D eigenvalue weighted by Gasteiger charge is 2.46. The summed E-state index contributed by atoms with van der Waals surface area (Å²) in [7, 11) is 0. The van der Waals surface area contributed by atoms with Crippen molar-refractivity contribution in [2.24, 2.45) is 11.8 Å². The van der Waals surface area contributed by atoms with E-state index in [0.717, 1.165) is 0 Å². The lowest BCUT2D eigenvalue weighted by atomic mass is 9.85. The Morgan fingerprint density at radius 1 is 1.05 bits per heavy atom. The van der Waals surface area contributed by atoms with E-state index in [0.29, 0.717) is 18.4 Å². The standard InChI is InChI=1S/C17H17NO4/c19-15-13-8-4-5-9-14(13)16(20)18(15)10-11-22-17(21)12-6-2-1-3-7-12/h1-7,13-14H,8-11H2. The fraction of sp³-hybridized carbons (Fsp3) is 0.353. The fourth-order valence-corrected chi connectivity index (χ4v) is 2.98. The zero-order valence-corrected chi connectivity index (χ0v) is 12.1. The molecule has 5 nitrogen and oxygen atoms in total. The molecule has 1 aromatic carbocycles. The minimum atomic E-state index is -0.446. The van der Waals surface area contributed by atoms with Gasteiger partial charge in [-0.15, -0.1) is 0 Å². The molecule has 1 aromatic rings. The molecule has 1 aliphatic carbocycles. The number of esters is 1. The van der Waals surface area contributed by atoms with Gasteiger partial charge in [-0.05, 0) is 25.0 Å². The third-order valence-corrected chi connectivity index (χ3v) is 4.16. The molecule has 0 saturated carbocycles. The molecule has 1 fully saturated rings. The van der Waals surface area contributed by atoms with Crippen molar-refractivity contribution >= 4 is 17.8 Å². The molecule has 0 radical (unpaired) electrons. The predicted octanol–water partition coefficient (Wildman–Crippen LogP) is 1.79. The lowest BCUT2D eigenvalue weighted by molar-refractivity contribution is -0.140. The molecule has 1 heterocycles. The molecule has 0 spiro atoms. The van der Waals surface area contributed by atoms with Crippen molar-refractivity contribution in [1.29, 1.82) is 0 Å². The van der Waals surface area contributed by atoms with Crippen LogP contribution in [0.4, 0.5) is 0 Å². The van der Waals surface area contributed by atoms with Crippen LogP contribution >= 0.6 is 0 Å². The Kier molecular flexibility index (Phi) is 4.04. The van der Waals surface area contributed by atoms with Crippen LogP contribution in [0.25, 0.3) is 0 Å². The van der Waals surface area contributed by atoms with E-state index in [4.69, 9.17) is 4.74 Å². The fourth-order valence-electron chi connectivity index (χ4n) is 2.98. The van der Waals surface area contributed by atoms with E-state index in [9.17, 15) is 14.4 Å². The highest BCUT2D eigenvalue weighted by atomic mass is 16.5. The normalized spacial score (nSPS) is 23.5. The molecule has 2 unspecified atom stereocenters. The molecule has 2 amide bonds. The van der Waals surface area contributed by atoms with Gasteiger partial charge in [0.25, 0.3) is 0 Å². The molecule has 1 aliphatic heterocycles. The number of carbonyl (C=O) groups excluding carboxylic acids is 3. The second-order valence-electron chi connectivity index (χ2n) is 5.49. The van der Waals surface area contributed by atoms with Crippen LogP contribution in [0.1, 0.15) is 23.2 Å². The van der Waals surface area contributed by atoms with Gasteiger partial charge < -0.3 is 4.74 Å². The van der Waals surface area contributed by atoms with E-state index in [1.165, 1.54) is 4.90 Å². The van der Waals surface area contributed by atoms with Gasteiger partial charge >= 0.3 is 5.97 Å². The van der Waals surface area contributed by atoms with E-state index in [2.05, 4.69) is 0 Å². The average Bonchev–Trinajstić information content (AvgIpc) is 2.81. The highest BCUT2D eigenvalue weighted by molar-refractivity contribution is 6.05. The first-order valence-corrected chi connectivity index (χ1v) is 7.41. The Morgan fingerprint density at radius 3 is 2.23 bits per heavy atom. The summed E-state index contributed by atoms with van der Waals surface area (Å²) < 4.78 is 5.14. The average molecular weight is 299 g/mol. The second-order valence-corrected chi connectivity index (χ2v) is 5.49.